The van der Waals surface area contributed by atoms with Crippen molar-refractivity contribution in [1.29, 1.82) is 0 Å². The quantitative estimate of drug-likeness (QED) is 0.255. The molecule has 3 aromatic carbocycles. The number of anilines is 1. The summed E-state index contributed by atoms with van der Waals surface area (Å²) in [6, 6.07) is 13.5. The Labute approximate surface area is 243 Å². The molecule has 0 saturated carbocycles. The number of halogens is 1. The summed E-state index contributed by atoms with van der Waals surface area (Å²) in [5.74, 6) is 0.203. The number of piperidine rings is 1. The Bertz CT molecular complexity index is 1750. The number of carbonyl (C=O) groups excluding carboxylic acids is 1. The van der Waals surface area contributed by atoms with Crippen LogP contribution in [-0.2, 0) is 0 Å². The molecule has 1 unspecified atom stereocenters. The van der Waals surface area contributed by atoms with Crippen molar-refractivity contribution in [1.82, 2.24) is 20.1 Å². The molecule has 8 nitrogen and oxygen atoms in total. The lowest BCUT2D eigenvalue weighted by Gasteiger charge is -2.28. The number of nitrogens with zero attached hydrogens (tertiary/aromatic N) is 2. The Kier molecular flexibility index (Phi) is 7.07. The molecule has 2 fully saturated rings. The van der Waals surface area contributed by atoms with E-state index in [1.165, 1.54) is 6.07 Å². The van der Waals surface area contributed by atoms with Gasteiger partial charge in [-0.25, -0.2) is 4.39 Å². The van der Waals surface area contributed by atoms with Gasteiger partial charge in [-0.15, -0.1) is 0 Å². The van der Waals surface area contributed by atoms with E-state index >= 15 is 4.39 Å². The smallest absolute Gasteiger partial charge is 0.256 e. The molecule has 3 aliphatic heterocycles. The number of hydrogen-bond donors (Lipinski definition) is 3. The standard InChI is InChI=1S/C33H36FN5O3/c1-38-14-4-7-23(38)10-13-36-33(41)25-19-39-27-15-21-5-2-3-6-22(21)16-28(27)42-32-29(37-18-20-8-11-35-12-9-20)26(34)17-24(30(32)39)31(25)40/h2-3,5-6,15-17,19-20,23,35,37H,4,7-14,18H2,1H3,(H,36,41). The molecule has 3 aliphatic rings. The molecule has 1 atom stereocenters. The lowest BCUT2D eigenvalue weighted by atomic mass is 9.98. The summed E-state index contributed by atoms with van der Waals surface area (Å²) in [4.78, 5) is 29.5. The van der Waals surface area contributed by atoms with Crippen LogP contribution in [0.15, 0.2) is 53.5 Å². The van der Waals surface area contributed by atoms with Gasteiger partial charge in [-0.05, 0) is 93.7 Å². The number of carbonyl (C=O) groups is 1. The minimum Gasteiger partial charge on any atom is -0.451 e. The third kappa shape index (κ3) is 4.80. The van der Waals surface area contributed by atoms with Gasteiger partial charge in [0.25, 0.3) is 5.91 Å². The minimum atomic E-state index is -0.568. The maximum absolute atomic E-state index is 15.8. The molecule has 3 N–H and O–H groups in total. The van der Waals surface area contributed by atoms with E-state index < -0.39 is 17.2 Å². The van der Waals surface area contributed by atoms with Crippen LogP contribution >= 0.6 is 0 Å². The Morgan fingerprint density at radius 2 is 1.90 bits per heavy atom. The molecular weight excluding hydrogens is 533 g/mol. The number of likely N-dealkylation sites (tertiary alicyclic amines) is 1. The van der Waals surface area contributed by atoms with Crippen LogP contribution in [0, 0.1) is 11.7 Å². The van der Waals surface area contributed by atoms with E-state index in [2.05, 4.69) is 27.9 Å². The van der Waals surface area contributed by atoms with E-state index in [0.29, 0.717) is 42.0 Å². The number of amides is 1. The minimum absolute atomic E-state index is 0.0101. The molecule has 0 spiro atoms. The molecule has 42 heavy (non-hydrogen) atoms. The number of fused-ring (bicyclic) bond motifs is 3. The Morgan fingerprint density at radius 3 is 2.67 bits per heavy atom. The van der Waals surface area contributed by atoms with Crippen molar-refractivity contribution in [2.45, 2.75) is 38.1 Å². The second kappa shape index (κ2) is 11.0. The average Bonchev–Trinajstić information content (AvgIpc) is 3.41. The number of ether oxygens (including phenoxy) is 1. The highest BCUT2D eigenvalue weighted by molar-refractivity contribution is 6.02. The van der Waals surface area contributed by atoms with Gasteiger partial charge < -0.3 is 30.2 Å². The van der Waals surface area contributed by atoms with E-state index in [1.807, 2.05) is 41.0 Å². The number of hydrogen-bond acceptors (Lipinski definition) is 6. The van der Waals surface area contributed by atoms with Gasteiger partial charge in [0.1, 0.15) is 16.8 Å². The van der Waals surface area contributed by atoms with Crippen LogP contribution in [0.2, 0.25) is 0 Å². The van der Waals surface area contributed by atoms with Crippen LogP contribution in [0.1, 0.15) is 42.5 Å². The molecule has 2 saturated heterocycles. The first kappa shape index (κ1) is 26.9. The molecule has 4 heterocycles. The van der Waals surface area contributed by atoms with E-state index in [-0.39, 0.29) is 22.4 Å². The van der Waals surface area contributed by atoms with E-state index in [4.69, 9.17) is 4.74 Å². The Hall–Kier alpha value is -3.95. The van der Waals surface area contributed by atoms with Gasteiger partial charge in [0.15, 0.2) is 17.3 Å². The van der Waals surface area contributed by atoms with Crippen molar-refractivity contribution >= 4 is 33.3 Å². The van der Waals surface area contributed by atoms with E-state index in [1.54, 1.807) is 6.20 Å². The first-order valence-corrected chi connectivity index (χ1v) is 15.0. The van der Waals surface area contributed by atoms with E-state index in [0.717, 1.165) is 62.5 Å². The van der Waals surface area contributed by atoms with Crippen molar-refractivity contribution in [3.05, 3.63) is 70.3 Å². The first-order chi connectivity index (χ1) is 20.5. The summed E-state index contributed by atoms with van der Waals surface area (Å²) in [5.41, 5.74) is 0.884. The van der Waals surface area contributed by atoms with Crippen molar-refractivity contribution in [3.63, 3.8) is 0 Å². The fourth-order valence-electron chi connectivity index (χ4n) is 6.75. The third-order valence-electron chi connectivity index (χ3n) is 9.20. The maximum Gasteiger partial charge on any atom is 0.256 e. The molecule has 0 aliphatic carbocycles. The highest BCUT2D eigenvalue weighted by Crippen LogP contribution is 2.46. The summed E-state index contributed by atoms with van der Waals surface area (Å²) in [6.07, 6.45) is 6.69. The topological polar surface area (TPSA) is 87.6 Å². The summed E-state index contributed by atoms with van der Waals surface area (Å²) in [5, 5.41) is 11.7. The third-order valence-corrected chi connectivity index (χ3v) is 9.20. The maximum atomic E-state index is 15.8. The molecule has 1 amide bonds. The van der Waals surface area contributed by atoms with Gasteiger partial charge in [0.05, 0.1) is 11.1 Å². The van der Waals surface area contributed by atoms with Crippen molar-refractivity contribution in [3.8, 4) is 17.2 Å². The molecule has 4 aromatic rings. The van der Waals surface area contributed by atoms with E-state index in [9.17, 15) is 9.59 Å². The zero-order valence-electron chi connectivity index (χ0n) is 23.8. The van der Waals surface area contributed by atoms with Crippen LogP contribution in [0.25, 0.3) is 27.4 Å². The molecular formula is C33H36FN5O3. The van der Waals surface area contributed by atoms with Crippen LogP contribution in [0.5, 0.6) is 11.5 Å². The van der Waals surface area contributed by atoms with Crippen molar-refractivity contribution in [2.75, 3.05) is 45.1 Å². The normalized spacial score (nSPS) is 18.7. The molecule has 1 aromatic heterocycles. The molecule has 7 rings (SSSR count). The van der Waals surface area contributed by atoms with Gasteiger partial charge in [-0.3, -0.25) is 9.59 Å². The number of nitrogens with one attached hydrogen (secondary N) is 3. The highest BCUT2D eigenvalue weighted by Gasteiger charge is 2.29. The fourth-order valence-corrected chi connectivity index (χ4v) is 6.75. The van der Waals surface area contributed by atoms with Gasteiger partial charge in [0, 0.05) is 25.3 Å². The molecule has 0 bridgehead atoms. The number of rotatable bonds is 7. The summed E-state index contributed by atoms with van der Waals surface area (Å²) < 4.78 is 24.1. The molecule has 9 heteroatoms. The Balaban J connectivity index is 1.31. The summed E-state index contributed by atoms with van der Waals surface area (Å²) in [7, 11) is 2.10. The second-order valence-corrected chi connectivity index (χ2v) is 11.9. The highest BCUT2D eigenvalue weighted by atomic mass is 19.1. The predicted molar refractivity (Wildman–Crippen MR) is 164 cm³/mol. The van der Waals surface area contributed by atoms with Crippen LogP contribution in [-0.4, -0.2) is 61.2 Å². The first-order valence-electron chi connectivity index (χ1n) is 15.0. The number of benzene rings is 3. The van der Waals surface area contributed by atoms with Crippen molar-refractivity contribution < 1.29 is 13.9 Å². The van der Waals surface area contributed by atoms with Gasteiger partial charge in [-0.2, -0.15) is 0 Å². The van der Waals surface area contributed by atoms with Crippen LogP contribution in [0.4, 0.5) is 10.1 Å². The van der Waals surface area contributed by atoms with Gasteiger partial charge in [0.2, 0.25) is 5.43 Å². The lowest BCUT2D eigenvalue weighted by Crippen LogP contribution is -2.34. The fraction of sp³-hybridized carbons (Fsp3) is 0.394. The van der Waals surface area contributed by atoms with Gasteiger partial charge in [-0.1, -0.05) is 24.3 Å². The number of pyridine rings is 1. The molecule has 0 radical (unpaired) electrons. The van der Waals surface area contributed by atoms with Crippen molar-refractivity contribution in [2.24, 2.45) is 5.92 Å². The summed E-state index contributed by atoms with van der Waals surface area (Å²) in [6.45, 7) is 4.02. The average molecular weight is 570 g/mol. The van der Waals surface area contributed by atoms with Gasteiger partial charge >= 0.3 is 0 Å². The SMILES string of the molecule is CN1CCCC1CCNC(=O)c1cn2c3c(c(NCC4CCNCC4)c(F)cc3c1=O)Oc1cc3ccccc3cc1-2. The number of aromatic nitrogens is 1. The monoisotopic (exact) mass is 569 g/mol. The summed E-state index contributed by atoms with van der Waals surface area (Å²) >= 11 is 0. The zero-order valence-corrected chi connectivity index (χ0v) is 23.8. The largest absolute Gasteiger partial charge is 0.451 e. The van der Waals surface area contributed by atoms with Crippen LogP contribution in [0.3, 0.4) is 0 Å². The molecule has 218 valence electrons. The van der Waals surface area contributed by atoms with Crippen LogP contribution < -0.4 is 26.1 Å². The Morgan fingerprint density at radius 1 is 1.12 bits per heavy atom. The lowest BCUT2D eigenvalue weighted by molar-refractivity contribution is 0.0949. The predicted octanol–water partition coefficient (Wildman–Crippen LogP) is 5.01. The zero-order chi connectivity index (χ0) is 28.8. The second-order valence-electron chi connectivity index (χ2n) is 11.9.